The molecule has 0 radical (unpaired) electrons. The first-order chi connectivity index (χ1) is 8.75. The van der Waals surface area contributed by atoms with Crippen molar-refractivity contribution in [3.05, 3.63) is 46.5 Å². The summed E-state index contributed by atoms with van der Waals surface area (Å²) in [6.07, 6.45) is 4.77. The number of imide groups is 1. The quantitative estimate of drug-likeness (QED) is 0.618. The van der Waals surface area contributed by atoms with Crippen LogP contribution in [-0.4, -0.2) is 23.3 Å². The smallest absolute Gasteiger partial charge is 0.261 e. The number of fused-ring (bicyclic) bond motifs is 1. The van der Waals surface area contributed by atoms with Crippen molar-refractivity contribution in [1.29, 1.82) is 0 Å². The van der Waals surface area contributed by atoms with Crippen LogP contribution in [0.25, 0.3) is 0 Å². The van der Waals surface area contributed by atoms with Crippen LogP contribution >= 0.6 is 15.9 Å². The van der Waals surface area contributed by atoms with Gasteiger partial charge in [-0.05, 0) is 36.4 Å². The van der Waals surface area contributed by atoms with Crippen molar-refractivity contribution in [1.82, 2.24) is 4.90 Å². The van der Waals surface area contributed by atoms with Gasteiger partial charge in [0.25, 0.3) is 11.8 Å². The predicted molar refractivity (Wildman–Crippen MR) is 73.7 cm³/mol. The number of amides is 2. The molecular weight excluding hydrogens is 294 g/mol. The largest absolute Gasteiger partial charge is 0.274 e. The Morgan fingerprint density at radius 3 is 2.22 bits per heavy atom. The topological polar surface area (TPSA) is 37.4 Å². The molecule has 94 valence electrons. The van der Waals surface area contributed by atoms with Crippen molar-refractivity contribution >= 4 is 27.7 Å². The number of unbranched alkanes of at least 4 members (excludes halogenated alkanes) is 2. The normalized spacial score (nSPS) is 14.6. The monoisotopic (exact) mass is 307 g/mol. The van der Waals surface area contributed by atoms with Crippen molar-refractivity contribution in [3.8, 4) is 0 Å². The molecule has 0 aliphatic carbocycles. The minimum absolute atomic E-state index is 0.161. The van der Waals surface area contributed by atoms with Gasteiger partial charge in [-0.3, -0.25) is 14.5 Å². The summed E-state index contributed by atoms with van der Waals surface area (Å²) in [4.78, 5) is 27.2. The van der Waals surface area contributed by atoms with Crippen LogP contribution in [0.5, 0.6) is 0 Å². The highest BCUT2D eigenvalue weighted by atomic mass is 79.9. The molecule has 0 spiro atoms. The lowest BCUT2D eigenvalue weighted by molar-refractivity contribution is 0.0652. The number of halogens is 1. The Labute approximate surface area is 115 Å². The fourth-order valence-electron chi connectivity index (χ4n) is 2.04. The van der Waals surface area contributed by atoms with Gasteiger partial charge in [-0.1, -0.05) is 34.1 Å². The molecule has 1 aliphatic heterocycles. The number of allylic oxidation sites excluding steroid dienone is 1. The van der Waals surface area contributed by atoms with Gasteiger partial charge in [0.1, 0.15) is 0 Å². The molecule has 1 aromatic carbocycles. The molecule has 0 N–H and O–H groups in total. The lowest BCUT2D eigenvalue weighted by Gasteiger charge is -2.12. The molecule has 0 bridgehead atoms. The van der Waals surface area contributed by atoms with Gasteiger partial charge < -0.3 is 0 Å². The van der Waals surface area contributed by atoms with E-state index >= 15 is 0 Å². The highest BCUT2D eigenvalue weighted by molar-refractivity contribution is 9.11. The number of rotatable bonds is 5. The first kappa shape index (κ1) is 13.0. The average Bonchev–Trinajstić information content (AvgIpc) is 2.64. The highest BCUT2D eigenvalue weighted by Gasteiger charge is 2.34. The molecule has 2 amide bonds. The van der Waals surface area contributed by atoms with Gasteiger partial charge in [-0.15, -0.1) is 0 Å². The van der Waals surface area contributed by atoms with Gasteiger partial charge >= 0.3 is 0 Å². The number of benzene rings is 1. The Kier molecular flexibility index (Phi) is 4.31. The summed E-state index contributed by atoms with van der Waals surface area (Å²) in [5.41, 5.74) is 1.06. The lowest BCUT2D eigenvalue weighted by atomic mass is 10.1. The second-order valence-corrected chi connectivity index (χ2v) is 4.69. The molecule has 1 aliphatic rings. The standard InChI is InChI=1S/C14H14BrNO2/c15-9-5-1-2-6-10-16-13(17)11-7-3-4-8-12(11)14(16)18/h3-5,7-9H,1-2,6,10H2/b9-5-. The minimum atomic E-state index is -0.161. The number of hydrogen-bond donors (Lipinski definition) is 0. The molecular formula is C14H14BrNO2. The summed E-state index contributed by atoms with van der Waals surface area (Å²) < 4.78 is 0. The van der Waals surface area contributed by atoms with Crippen molar-refractivity contribution in [2.45, 2.75) is 19.3 Å². The molecule has 0 fully saturated rings. The minimum Gasteiger partial charge on any atom is -0.274 e. The summed E-state index contributed by atoms with van der Waals surface area (Å²) in [7, 11) is 0. The van der Waals surface area contributed by atoms with E-state index in [0.717, 1.165) is 19.3 Å². The van der Waals surface area contributed by atoms with Crippen LogP contribution in [0.2, 0.25) is 0 Å². The Balaban J connectivity index is 1.96. The number of carbonyl (C=O) groups excluding carboxylic acids is 2. The summed E-state index contributed by atoms with van der Waals surface area (Å²) in [6, 6.07) is 6.99. The number of carbonyl (C=O) groups is 2. The van der Waals surface area contributed by atoms with Crippen LogP contribution in [0.1, 0.15) is 40.0 Å². The highest BCUT2D eigenvalue weighted by Crippen LogP contribution is 2.22. The predicted octanol–water partition coefficient (Wildman–Crippen LogP) is 3.36. The van der Waals surface area contributed by atoms with Crippen molar-refractivity contribution in [2.24, 2.45) is 0 Å². The van der Waals surface area contributed by atoms with Crippen molar-refractivity contribution in [2.75, 3.05) is 6.54 Å². The third kappa shape index (κ3) is 2.53. The van der Waals surface area contributed by atoms with Gasteiger partial charge in [-0.25, -0.2) is 0 Å². The molecule has 0 saturated heterocycles. The molecule has 0 atom stereocenters. The van der Waals surface area contributed by atoms with Crippen LogP contribution in [-0.2, 0) is 0 Å². The summed E-state index contributed by atoms with van der Waals surface area (Å²) in [6.45, 7) is 0.502. The van der Waals surface area contributed by atoms with E-state index in [4.69, 9.17) is 0 Å². The van der Waals surface area contributed by atoms with E-state index in [2.05, 4.69) is 15.9 Å². The van der Waals surface area contributed by atoms with E-state index in [0.29, 0.717) is 17.7 Å². The van der Waals surface area contributed by atoms with E-state index < -0.39 is 0 Å². The maximum Gasteiger partial charge on any atom is 0.261 e. The Morgan fingerprint density at radius 1 is 1.06 bits per heavy atom. The van der Waals surface area contributed by atoms with Gasteiger partial charge in [0, 0.05) is 6.54 Å². The maximum absolute atomic E-state index is 12.0. The second kappa shape index (κ2) is 5.96. The number of nitrogens with zero attached hydrogens (tertiary/aromatic N) is 1. The fourth-order valence-corrected chi connectivity index (χ4v) is 2.30. The van der Waals surface area contributed by atoms with E-state index in [1.807, 2.05) is 11.1 Å². The Hall–Kier alpha value is -1.42. The zero-order valence-electron chi connectivity index (χ0n) is 9.93. The molecule has 1 aromatic rings. The van der Waals surface area contributed by atoms with Gasteiger partial charge in [-0.2, -0.15) is 0 Å². The van der Waals surface area contributed by atoms with Crippen LogP contribution in [0, 0.1) is 0 Å². The Bertz CT molecular complexity index is 461. The summed E-state index contributed by atoms with van der Waals surface area (Å²) in [5, 5.41) is 0. The third-order valence-corrected chi connectivity index (χ3v) is 3.34. The molecule has 0 saturated carbocycles. The Morgan fingerprint density at radius 2 is 1.67 bits per heavy atom. The van der Waals surface area contributed by atoms with Gasteiger partial charge in [0.05, 0.1) is 11.1 Å². The SMILES string of the molecule is O=C1c2ccccc2C(=O)N1CCCC/C=C\Br. The number of hydrogen-bond acceptors (Lipinski definition) is 2. The van der Waals surface area contributed by atoms with E-state index in [1.165, 1.54) is 4.90 Å². The molecule has 1 heterocycles. The third-order valence-electron chi connectivity index (χ3n) is 2.97. The van der Waals surface area contributed by atoms with Gasteiger partial charge in [0.15, 0.2) is 0 Å². The van der Waals surface area contributed by atoms with Crippen LogP contribution in [0.4, 0.5) is 0 Å². The van der Waals surface area contributed by atoms with Crippen LogP contribution < -0.4 is 0 Å². The fraction of sp³-hybridized carbons (Fsp3) is 0.286. The second-order valence-electron chi connectivity index (χ2n) is 4.16. The molecule has 0 unspecified atom stereocenters. The van der Waals surface area contributed by atoms with E-state index in [1.54, 1.807) is 24.3 Å². The lowest BCUT2D eigenvalue weighted by Crippen LogP contribution is -2.30. The van der Waals surface area contributed by atoms with E-state index in [9.17, 15) is 9.59 Å². The maximum atomic E-state index is 12.0. The van der Waals surface area contributed by atoms with Crippen molar-refractivity contribution in [3.63, 3.8) is 0 Å². The first-order valence-electron chi connectivity index (χ1n) is 5.96. The van der Waals surface area contributed by atoms with E-state index in [-0.39, 0.29) is 11.8 Å². The average molecular weight is 308 g/mol. The molecule has 4 heteroatoms. The zero-order valence-corrected chi connectivity index (χ0v) is 11.5. The van der Waals surface area contributed by atoms with Crippen molar-refractivity contribution < 1.29 is 9.59 Å². The van der Waals surface area contributed by atoms with Gasteiger partial charge in [0.2, 0.25) is 0 Å². The first-order valence-corrected chi connectivity index (χ1v) is 6.87. The zero-order chi connectivity index (χ0) is 13.0. The summed E-state index contributed by atoms with van der Waals surface area (Å²) >= 11 is 3.21. The molecule has 0 aromatic heterocycles. The molecule has 3 nitrogen and oxygen atoms in total. The summed E-state index contributed by atoms with van der Waals surface area (Å²) in [5.74, 6) is -0.321. The molecule has 18 heavy (non-hydrogen) atoms. The molecule has 2 rings (SSSR count). The van der Waals surface area contributed by atoms with Crippen LogP contribution in [0.3, 0.4) is 0 Å². The van der Waals surface area contributed by atoms with Crippen LogP contribution in [0.15, 0.2) is 35.3 Å².